The molecule has 0 aromatic carbocycles. The van der Waals surface area contributed by atoms with Crippen molar-refractivity contribution < 1.29 is 17.4 Å². The molecule has 1 aliphatic heterocycles. The summed E-state index contributed by atoms with van der Waals surface area (Å²) in [6.07, 6.45) is 1.37. The number of pyridine rings is 1. The summed E-state index contributed by atoms with van der Waals surface area (Å²) in [5.41, 5.74) is 0.758. The predicted octanol–water partition coefficient (Wildman–Crippen LogP) is -0.211. The van der Waals surface area contributed by atoms with Crippen LogP contribution in [0.5, 0.6) is 5.88 Å². The lowest BCUT2D eigenvalue weighted by Gasteiger charge is -2.21. The molecule has 0 atom stereocenters. The molecule has 1 aromatic rings. The Balaban J connectivity index is 2.54. The highest BCUT2D eigenvalue weighted by atomic mass is 32.2. The number of hydrogen-bond donors (Lipinski definition) is 0. The van der Waals surface area contributed by atoms with Gasteiger partial charge >= 0.3 is 10.3 Å². The maximum absolute atomic E-state index is 12.3. The van der Waals surface area contributed by atoms with Crippen molar-refractivity contribution in [1.29, 1.82) is 0 Å². The molecule has 0 spiro atoms. The molecule has 2 heterocycles. The Kier molecular flexibility index (Phi) is 4.06. The number of nitrogens with zero attached hydrogens (tertiary/aromatic N) is 4. The minimum absolute atomic E-state index is 0.0904. The van der Waals surface area contributed by atoms with E-state index in [1.54, 1.807) is 30.0 Å². The first-order chi connectivity index (χ1) is 9.74. The topological polar surface area (TPSA) is 83.1 Å². The fourth-order valence-electron chi connectivity index (χ4n) is 1.93. The Morgan fingerprint density at radius 1 is 1.24 bits per heavy atom. The highest BCUT2D eigenvalue weighted by Crippen LogP contribution is 2.32. The predicted molar refractivity (Wildman–Crippen MR) is 77.7 cm³/mol. The average Bonchev–Trinajstić information content (AvgIpc) is 2.52. The zero-order valence-electron chi connectivity index (χ0n) is 12.4. The average molecular weight is 314 g/mol. The number of carbonyl (C=O) groups excluding carboxylic acids is 1. The lowest BCUT2D eigenvalue weighted by Crippen LogP contribution is -2.30. The van der Waals surface area contributed by atoms with E-state index in [1.165, 1.54) is 20.3 Å². The van der Waals surface area contributed by atoms with Crippen LogP contribution in [-0.4, -0.2) is 69.8 Å². The second-order valence-corrected chi connectivity index (χ2v) is 6.74. The van der Waals surface area contributed by atoms with Gasteiger partial charge in [-0.25, -0.2) is 4.98 Å². The lowest BCUT2D eigenvalue weighted by atomic mass is 10.2. The monoisotopic (exact) mass is 314 g/mol. The number of hydrogen-bond acceptors (Lipinski definition) is 6. The summed E-state index contributed by atoms with van der Waals surface area (Å²) < 4.78 is 29.7. The van der Waals surface area contributed by atoms with Gasteiger partial charge in [0.05, 0.1) is 5.56 Å². The normalized spacial score (nSPS) is 16.0. The highest BCUT2D eigenvalue weighted by Gasteiger charge is 2.29. The summed E-state index contributed by atoms with van der Waals surface area (Å²) in [6, 6.07) is 1.56. The lowest BCUT2D eigenvalue weighted by molar-refractivity contribution is 0.0804. The molecule has 1 aliphatic rings. The molecule has 2 rings (SSSR count). The number of likely N-dealkylation sites (N-methyl/N-ethyl adjacent to an activating group) is 2. The Hall–Kier alpha value is -1.87. The molecule has 0 bridgehead atoms. The first-order valence-corrected chi connectivity index (χ1v) is 7.68. The van der Waals surface area contributed by atoms with Crippen molar-refractivity contribution in [3.8, 4) is 5.88 Å². The van der Waals surface area contributed by atoms with E-state index < -0.39 is 10.3 Å². The van der Waals surface area contributed by atoms with Gasteiger partial charge in [-0.3, -0.25) is 4.79 Å². The number of amides is 1. The van der Waals surface area contributed by atoms with Gasteiger partial charge in [0.15, 0.2) is 0 Å². The van der Waals surface area contributed by atoms with Crippen LogP contribution in [-0.2, 0) is 10.3 Å². The van der Waals surface area contributed by atoms with Gasteiger partial charge in [0.1, 0.15) is 5.69 Å². The van der Waals surface area contributed by atoms with Gasteiger partial charge < -0.3 is 14.0 Å². The van der Waals surface area contributed by atoms with Gasteiger partial charge in [-0.15, -0.1) is 0 Å². The maximum Gasteiger partial charge on any atom is 0.386 e. The molecule has 0 saturated heterocycles. The van der Waals surface area contributed by atoms with E-state index in [1.807, 2.05) is 0 Å². The largest absolute Gasteiger partial charge is 0.386 e. The van der Waals surface area contributed by atoms with E-state index in [2.05, 4.69) is 4.98 Å². The summed E-state index contributed by atoms with van der Waals surface area (Å²) >= 11 is 0. The van der Waals surface area contributed by atoms with Crippen molar-refractivity contribution in [2.75, 3.05) is 46.2 Å². The first kappa shape index (κ1) is 15.5. The highest BCUT2D eigenvalue weighted by molar-refractivity contribution is 7.84. The van der Waals surface area contributed by atoms with Crippen LogP contribution >= 0.6 is 0 Å². The molecule has 0 saturated carbocycles. The van der Waals surface area contributed by atoms with Crippen LogP contribution in [0.1, 0.15) is 10.4 Å². The van der Waals surface area contributed by atoms with Crippen molar-refractivity contribution in [3.05, 3.63) is 17.8 Å². The Morgan fingerprint density at radius 3 is 2.48 bits per heavy atom. The van der Waals surface area contributed by atoms with E-state index in [0.29, 0.717) is 24.3 Å². The molecule has 0 aliphatic carbocycles. The number of fused-ring (bicyclic) bond motifs is 1. The third kappa shape index (κ3) is 2.93. The molecule has 8 nitrogen and oxygen atoms in total. The minimum Gasteiger partial charge on any atom is -0.368 e. The maximum atomic E-state index is 12.3. The Labute approximate surface area is 124 Å². The molecule has 0 N–H and O–H groups in total. The second-order valence-electron chi connectivity index (χ2n) is 4.98. The van der Waals surface area contributed by atoms with Crippen LogP contribution in [0.4, 0.5) is 5.69 Å². The molecule has 0 fully saturated rings. The van der Waals surface area contributed by atoms with Gasteiger partial charge in [-0.2, -0.15) is 12.7 Å². The van der Waals surface area contributed by atoms with Gasteiger partial charge in [0, 0.05) is 47.5 Å². The van der Waals surface area contributed by atoms with Crippen LogP contribution in [0.25, 0.3) is 0 Å². The zero-order valence-corrected chi connectivity index (χ0v) is 13.2. The number of anilines is 1. The van der Waals surface area contributed by atoms with E-state index in [4.69, 9.17) is 4.18 Å². The van der Waals surface area contributed by atoms with E-state index >= 15 is 0 Å². The zero-order chi connectivity index (χ0) is 15.8. The third-order valence-electron chi connectivity index (χ3n) is 3.25. The van der Waals surface area contributed by atoms with Crippen LogP contribution in [0.15, 0.2) is 12.3 Å². The smallest absolute Gasteiger partial charge is 0.368 e. The van der Waals surface area contributed by atoms with Gasteiger partial charge in [0.25, 0.3) is 11.8 Å². The number of aromatic nitrogens is 1. The van der Waals surface area contributed by atoms with Crippen molar-refractivity contribution in [3.63, 3.8) is 0 Å². The van der Waals surface area contributed by atoms with Crippen LogP contribution in [0.2, 0.25) is 0 Å². The van der Waals surface area contributed by atoms with Gasteiger partial charge in [-0.1, -0.05) is 0 Å². The van der Waals surface area contributed by atoms with E-state index in [0.717, 1.165) is 4.31 Å². The molecule has 116 valence electrons. The molecular weight excluding hydrogens is 296 g/mol. The molecule has 0 unspecified atom stereocenters. The second kappa shape index (κ2) is 5.49. The summed E-state index contributed by atoms with van der Waals surface area (Å²) in [5.74, 6) is -0.281. The van der Waals surface area contributed by atoms with E-state index in [9.17, 15) is 13.2 Å². The summed E-state index contributed by atoms with van der Waals surface area (Å²) in [7, 11) is 2.25. The fourth-order valence-corrected chi connectivity index (χ4v) is 2.40. The number of carbonyl (C=O) groups is 1. The van der Waals surface area contributed by atoms with Gasteiger partial charge in [0.2, 0.25) is 0 Å². The SMILES string of the molecule is CN1CCN(C)c2c(ccnc2OS(=O)(=O)N(C)C)C1=O. The molecular formula is C12H18N4O4S. The van der Waals surface area contributed by atoms with Crippen molar-refractivity contribution in [1.82, 2.24) is 14.2 Å². The van der Waals surface area contributed by atoms with E-state index in [-0.39, 0.29) is 11.8 Å². The van der Waals surface area contributed by atoms with Crippen molar-refractivity contribution in [2.45, 2.75) is 0 Å². The van der Waals surface area contributed by atoms with Crippen molar-refractivity contribution >= 4 is 21.9 Å². The summed E-state index contributed by atoms with van der Waals surface area (Å²) in [6.45, 7) is 1.09. The Morgan fingerprint density at radius 2 is 1.86 bits per heavy atom. The fraction of sp³-hybridized carbons (Fsp3) is 0.500. The van der Waals surface area contributed by atoms with Crippen LogP contribution in [0, 0.1) is 0 Å². The standard InChI is InChI=1S/C12H18N4O4S/c1-14(2)21(18,19)20-11-10-9(5-6-13-11)12(17)16(4)8-7-15(10)3/h5-6H,7-8H2,1-4H3. The quantitative estimate of drug-likeness (QED) is 0.767. The number of rotatable bonds is 3. The molecule has 21 heavy (non-hydrogen) atoms. The molecule has 1 aromatic heterocycles. The van der Waals surface area contributed by atoms with Crippen LogP contribution < -0.4 is 9.08 Å². The molecule has 0 radical (unpaired) electrons. The third-order valence-corrected chi connectivity index (χ3v) is 4.51. The van der Waals surface area contributed by atoms with Crippen LogP contribution in [0.3, 0.4) is 0 Å². The first-order valence-electron chi connectivity index (χ1n) is 6.31. The summed E-state index contributed by atoms with van der Waals surface area (Å²) in [4.78, 5) is 19.6. The van der Waals surface area contributed by atoms with Crippen molar-refractivity contribution in [2.24, 2.45) is 0 Å². The molecule has 1 amide bonds. The van der Waals surface area contributed by atoms with Gasteiger partial charge in [-0.05, 0) is 6.07 Å². The molecule has 9 heteroatoms. The Bertz CT molecular complexity index is 659. The minimum atomic E-state index is -3.93. The summed E-state index contributed by atoms with van der Waals surface area (Å²) in [5, 5.41) is 0.